The van der Waals surface area contributed by atoms with Crippen molar-refractivity contribution in [3.05, 3.63) is 54.0 Å². The number of carbonyl (C=O) groups is 2. The van der Waals surface area contributed by atoms with Crippen LogP contribution in [0.3, 0.4) is 0 Å². The first-order chi connectivity index (χ1) is 13.5. The monoisotopic (exact) mass is 385 g/mol. The molecule has 28 heavy (non-hydrogen) atoms. The van der Waals surface area contributed by atoms with Crippen LogP contribution in [0.2, 0.25) is 0 Å². The molecule has 1 aromatic carbocycles. The summed E-state index contributed by atoms with van der Waals surface area (Å²) in [5, 5.41) is 2.98. The third kappa shape index (κ3) is 5.38. The molecule has 3 atom stereocenters. The van der Waals surface area contributed by atoms with Crippen LogP contribution in [0.25, 0.3) is 0 Å². The lowest BCUT2D eigenvalue weighted by atomic mass is 9.78. The van der Waals surface area contributed by atoms with Crippen LogP contribution < -0.4 is 10.1 Å². The molecule has 0 spiro atoms. The van der Waals surface area contributed by atoms with E-state index in [-0.39, 0.29) is 30.9 Å². The van der Waals surface area contributed by atoms with Gasteiger partial charge in [0.25, 0.3) is 5.91 Å². The van der Waals surface area contributed by atoms with Gasteiger partial charge in [-0.2, -0.15) is 0 Å². The van der Waals surface area contributed by atoms with Crippen LogP contribution in [0, 0.1) is 11.8 Å². The lowest BCUT2D eigenvalue weighted by molar-refractivity contribution is -0.125. The molecule has 6 nitrogen and oxygen atoms in total. The Labute approximate surface area is 165 Å². The van der Waals surface area contributed by atoms with Gasteiger partial charge in [-0.3, -0.25) is 4.79 Å². The summed E-state index contributed by atoms with van der Waals surface area (Å²) in [6, 6.07) is 12.6. The molecule has 1 N–H and O–H groups in total. The zero-order chi connectivity index (χ0) is 19.9. The molecular formula is C22H27NO5. The van der Waals surface area contributed by atoms with Crippen molar-refractivity contribution in [2.24, 2.45) is 11.8 Å². The van der Waals surface area contributed by atoms with Gasteiger partial charge in [0.15, 0.2) is 6.61 Å². The molecule has 1 aromatic heterocycles. The SMILES string of the molecule is CC1CCCC(NC(=O)COC(=O)c2ccc(COc3ccccc3)o2)C1C. The number of nitrogens with one attached hydrogen (secondary N) is 1. The number of rotatable bonds is 7. The molecule has 0 aliphatic heterocycles. The van der Waals surface area contributed by atoms with Gasteiger partial charge in [0.05, 0.1) is 0 Å². The number of carbonyl (C=O) groups excluding carboxylic acids is 2. The normalized spacial score (nSPS) is 21.7. The van der Waals surface area contributed by atoms with E-state index in [1.54, 1.807) is 6.07 Å². The molecule has 3 rings (SSSR count). The van der Waals surface area contributed by atoms with E-state index in [1.165, 1.54) is 12.5 Å². The first-order valence-electron chi connectivity index (χ1n) is 9.76. The summed E-state index contributed by atoms with van der Waals surface area (Å²) >= 11 is 0. The molecule has 1 saturated carbocycles. The van der Waals surface area contributed by atoms with Gasteiger partial charge in [0.2, 0.25) is 5.76 Å². The van der Waals surface area contributed by atoms with Crippen molar-refractivity contribution in [1.29, 1.82) is 0 Å². The smallest absolute Gasteiger partial charge is 0.374 e. The molecular weight excluding hydrogens is 358 g/mol. The molecule has 1 heterocycles. The number of esters is 1. The molecule has 1 amide bonds. The largest absolute Gasteiger partial charge is 0.486 e. The maximum atomic E-state index is 12.1. The number of hydrogen-bond donors (Lipinski definition) is 1. The minimum Gasteiger partial charge on any atom is -0.486 e. The average Bonchev–Trinajstić information content (AvgIpc) is 3.18. The zero-order valence-corrected chi connectivity index (χ0v) is 16.4. The minimum atomic E-state index is -0.661. The summed E-state index contributed by atoms with van der Waals surface area (Å²) in [6.07, 6.45) is 3.27. The Hall–Kier alpha value is -2.76. The number of ether oxygens (including phenoxy) is 2. The minimum absolute atomic E-state index is 0.0547. The Kier molecular flexibility index (Phi) is 6.74. The van der Waals surface area contributed by atoms with E-state index in [1.807, 2.05) is 30.3 Å². The topological polar surface area (TPSA) is 77.8 Å². The summed E-state index contributed by atoms with van der Waals surface area (Å²) < 4.78 is 16.1. The Morgan fingerprint density at radius 2 is 1.89 bits per heavy atom. The average molecular weight is 385 g/mol. The van der Waals surface area contributed by atoms with Gasteiger partial charge >= 0.3 is 5.97 Å². The molecule has 1 aliphatic rings. The molecule has 0 bridgehead atoms. The van der Waals surface area contributed by atoms with Gasteiger partial charge in [-0.15, -0.1) is 0 Å². The predicted molar refractivity (Wildman–Crippen MR) is 104 cm³/mol. The van der Waals surface area contributed by atoms with Crippen LogP contribution in [0.1, 0.15) is 49.4 Å². The Morgan fingerprint density at radius 3 is 2.68 bits per heavy atom. The van der Waals surface area contributed by atoms with Crippen molar-refractivity contribution in [1.82, 2.24) is 5.32 Å². The highest BCUT2D eigenvalue weighted by atomic mass is 16.6. The quantitative estimate of drug-likeness (QED) is 0.730. The highest BCUT2D eigenvalue weighted by molar-refractivity contribution is 5.88. The first kappa shape index (κ1) is 20.0. The number of furan rings is 1. The van der Waals surface area contributed by atoms with Gasteiger partial charge in [0.1, 0.15) is 18.1 Å². The van der Waals surface area contributed by atoms with Crippen LogP contribution in [0.15, 0.2) is 46.9 Å². The van der Waals surface area contributed by atoms with E-state index in [2.05, 4.69) is 19.2 Å². The van der Waals surface area contributed by atoms with Gasteiger partial charge < -0.3 is 19.2 Å². The molecule has 1 fully saturated rings. The van der Waals surface area contributed by atoms with Gasteiger partial charge in [-0.05, 0) is 42.5 Å². The Balaban J connectivity index is 1.43. The summed E-state index contributed by atoms with van der Waals surface area (Å²) in [4.78, 5) is 24.2. The fourth-order valence-corrected chi connectivity index (χ4v) is 3.47. The molecule has 3 unspecified atom stereocenters. The molecule has 1 aliphatic carbocycles. The fraction of sp³-hybridized carbons (Fsp3) is 0.455. The lowest BCUT2D eigenvalue weighted by Gasteiger charge is -2.34. The molecule has 150 valence electrons. The number of benzene rings is 1. The maximum Gasteiger partial charge on any atom is 0.374 e. The van der Waals surface area contributed by atoms with Crippen molar-refractivity contribution >= 4 is 11.9 Å². The highest BCUT2D eigenvalue weighted by Gasteiger charge is 2.28. The molecule has 6 heteroatoms. The number of amides is 1. The van der Waals surface area contributed by atoms with Crippen LogP contribution >= 0.6 is 0 Å². The first-order valence-corrected chi connectivity index (χ1v) is 9.76. The van der Waals surface area contributed by atoms with Crippen molar-refractivity contribution in [3.63, 3.8) is 0 Å². The summed E-state index contributed by atoms with van der Waals surface area (Å²) in [6.45, 7) is 4.25. The fourth-order valence-electron chi connectivity index (χ4n) is 3.47. The zero-order valence-electron chi connectivity index (χ0n) is 16.4. The van der Waals surface area contributed by atoms with E-state index in [0.29, 0.717) is 23.3 Å². The van der Waals surface area contributed by atoms with Crippen molar-refractivity contribution in [3.8, 4) is 5.75 Å². The van der Waals surface area contributed by atoms with Crippen LogP contribution in [0.5, 0.6) is 5.75 Å². The molecule has 0 saturated heterocycles. The maximum absolute atomic E-state index is 12.1. The van der Waals surface area contributed by atoms with Crippen LogP contribution in [-0.2, 0) is 16.1 Å². The van der Waals surface area contributed by atoms with E-state index < -0.39 is 5.97 Å². The standard InChI is InChI=1S/C22H27NO5/c1-15-7-6-10-19(16(15)2)23-21(24)14-27-22(25)20-12-11-18(28-20)13-26-17-8-4-3-5-9-17/h3-5,8-9,11-12,15-16,19H,6-7,10,13-14H2,1-2H3,(H,23,24). The van der Waals surface area contributed by atoms with Crippen LogP contribution in [-0.4, -0.2) is 24.5 Å². The van der Waals surface area contributed by atoms with Gasteiger partial charge in [0, 0.05) is 6.04 Å². The van der Waals surface area contributed by atoms with Crippen molar-refractivity contribution in [2.75, 3.05) is 6.61 Å². The van der Waals surface area contributed by atoms with Crippen molar-refractivity contribution < 1.29 is 23.5 Å². The summed E-state index contributed by atoms with van der Waals surface area (Å²) in [5.41, 5.74) is 0. The second-order valence-corrected chi connectivity index (χ2v) is 7.39. The highest BCUT2D eigenvalue weighted by Crippen LogP contribution is 2.29. The number of hydrogen-bond acceptors (Lipinski definition) is 5. The van der Waals surface area contributed by atoms with E-state index in [9.17, 15) is 9.59 Å². The summed E-state index contributed by atoms with van der Waals surface area (Å²) in [7, 11) is 0. The van der Waals surface area contributed by atoms with Crippen LogP contribution in [0.4, 0.5) is 0 Å². The third-order valence-electron chi connectivity index (χ3n) is 5.37. The number of para-hydroxylation sites is 1. The van der Waals surface area contributed by atoms with Crippen molar-refractivity contribution in [2.45, 2.75) is 45.8 Å². The second kappa shape index (κ2) is 9.44. The Bertz CT molecular complexity index is 785. The van der Waals surface area contributed by atoms with Gasteiger partial charge in [-0.1, -0.05) is 44.9 Å². The lowest BCUT2D eigenvalue weighted by Crippen LogP contribution is -2.45. The molecule has 2 aromatic rings. The van der Waals surface area contributed by atoms with E-state index >= 15 is 0 Å². The van der Waals surface area contributed by atoms with E-state index in [0.717, 1.165) is 12.8 Å². The second-order valence-electron chi connectivity index (χ2n) is 7.39. The summed E-state index contributed by atoms with van der Waals surface area (Å²) in [5.74, 6) is 1.34. The predicted octanol–water partition coefficient (Wildman–Crippen LogP) is 3.96. The Morgan fingerprint density at radius 1 is 1.11 bits per heavy atom. The van der Waals surface area contributed by atoms with E-state index in [4.69, 9.17) is 13.9 Å². The molecule has 0 radical (unpaired) electrons. The van der Waals surface area contributed by atoms with Gasteiger partial charge in [-0.25, -0.2) is 4.79 Å². The third-order valence-corrected chi connectivity index (χ3v) is 5.37.